The first-order valence-corrected chi connectivity index (χ1v) is 13.9. The van der Waals surface area contributed by atoms with Gasteiger partial charge in [-0.25, -0.2) is 4.98 Å². The van der Waals surface area contributed by atoms with Crippen LogP contribution in [-0.4, -0.2) is 15.5 Å². The summed E-state index contributed by atoms with van der Waals surface area (Å²) in [6, 6.07) is 34.6. The molecule has 2 heterocycles. The lowest BCUT2D eigenvalue weighted by Crippen LogP contribution is -2.39. The molecule has 0 radical (unpaired) electrons. The molecule has 1 amide bonds. The van der Waals surface area contributed by atoms with Gasteiger partial charge in [-0.1, -0.05) is 110 Å². The van der Waals surface area contributed by atoms with E-state index in [0.717, 1.165) is 39.1 Å². The average Bonchev–Trinajstić information content (AvgIpc) is 3.52. The van der Waals surface area contributed by atoms with Crippen molar-refractivity contribution in [1.29, 1.82) is 0 Å². The Balaban J connectivity index is 1.66. The van der Waals surface area contributed by atoms with E-state index < -0.39 is 5.54 Å². The van der Waals surface area contributed by atoms with Crippen LogP contribution in [0.5, 0.6) is 0 Å². The Kier molecular flexibility index (Phi) is 6.68. The van der Waals surface area contributed by atoms with Crippen LogP contribution in [0.2, 0.25) is 5.02 Å². The zero-order chi connectivity index (χ0) is 27.0. The number of halogens is 1. The molecule has 0 fully saturated rings. The second kappa shape index (κ2) is 10.3. The summed E-state index contributed by atoms with van der Waals surface area (Å²) in [6.45, 7) is 2.10. The third kappa shape index (κ3) is 4.30. The number of hydrogen-bond acceptors (Lipinski definition) is 2. The first-order chi connectivity index (χ1) is 19.0. The Bertz CT molecular complexity index is 1710. The van der Waals surface area contributed by atoms with Gasteiger partial charge >= 0.3 is 0 Å². The van der Waals surface area contributed by atoms with E-state index in [9.17, 15) is 4.79 Å². The van der Waals surface area contributed by atoms with Crippen molar-refractivity contribution in [2.45, 2.75) is 18.9 Å². The highest BCUT2D eigenvalue weighted by molar-refractivity contribution is 7.27. The normalized spacial score (nSPS) is 15.2. The summed E-state index contributed by atoms with van der Waals surface area (Å²) < 4.78 is 2.23. The topological polar surface area (TPSA) is 46.9 Å². The Morgan fingerprint density at radius 1 is 0.897 bits per heavy atom. The number of amides is 1. The number of hydrogen-bond donors (Lipinski definition) is 1. The Labute approximate surface area is 235 Å². The molecule has 1 aliphatic heterocycles. The molecule has 39 heavy (non-hydrogen) atoms. The third-order valence-corrected chi connectivity index (χ3v) is 7.98. The molecule has 0 saturated carbocycles. The maximum absolute atomic E-state index is 12.9. The van der Waals surface area contributed by atoms with Crippen LogP contribution in [0.25, 0.3) is 11.6 Å². The zero-order valence-electron chi connectivity index (χ0n) is 21.4. The van der Waals surface area contributed by atoms with Crippen LogP contribution in [0, 0.1) is 0 Å². The molecule has 4 nitrogen and oxygen atoms in total. The summed E-state index contributed by atoms with van der Waals surface area (Å²) in [5.74, 6) is 0.757. The van der Waals surface area contributed by atoms with Crippen molar-refractivity contribution in [1.82, 2.24) is 9.55 Å². The van der Waals surface area contributed by atoms with Gasteiger partial charge in [0.1, 0.15) is 11.4 Å². The smallest absolute Gasteiger partial charge is 0.256 e. The van der Waals surface area contributed by atoms with E-state index in [1.807, 2.05) is 60.8 Å². The van der Waals surface area contributed by atoms with Crippen molar-refractivity contribution in [3.05, 3.63) is 148 Å². The van der Waals surface area contributed by atoms with Gasteiger partial charge in [0.2, 0.25) is 0 Å². The van der Waals surface area contributed by atoms with E-state index in [1.54, 1.807) is 0 Å². The maximum atomic E-state index is 12.9. The molecule has 2 atom stereocenters. The number of nitrogens with zero attached hydrogens (tertiary/aromatic N) is 2. The monoisotopic (exact) mass is 547 g/mol. The van der Waals surface area contributed by atoms with Crippen molar-refractivity contribution in [3.63, 3.8) is 0 Å². The number of benzene rings is 4. The van der Waals surface area contributed by atoms with Crippen LogP contribution < -0.4 is 10.6 Å². The highest BCUT2D eigenvalue weighted by Crippen LogP contribution is 2.45. The Morgan fingerprint density at radius 3 is 2.31 bits per heavy atom. The summed E-state index contributed by atoms with van der Waals surface area (Å²) in [7, 11) is 2.76. The fourth-order valence-corrected chi connectivity index (χ4v) is 5.99. The molecule has 0 saturated heterocycles. The molecule has 4 aromatic carbocycles. The molecule has 1 N–H and O–H groups in total. The molecule has 5 aromatic rings. The van der Waals surface area contributed by atoms with Crippen LogP contribution in [0.4, 0.5) is 5.69 Å². The summed E-state index contributed by atoms with van der Waals surface area (Å²) in [6.07, 6.45) is 4.61. The lowest BCUT2D eigenvalue weighted by Gasteiger charge is -2.39. The van der Waals surface area contributed by atoms with Gasteiger partial charge in [-0.2, -0.15) is 0 Å². The van der Waals surface area contributed by atoms with Crippen molar-refractivity contribution >= 4 is 49.4 Å². The number of imidazole rings is 1. The van der Waals surface area contributed by atoms with E-state index in [-0.39, 0.29) is 5.91 Å². The van der Waals surface area contributed by atoms with Crippen LogP contribution in [0.1, 0.15) is 40.7 Å². The van der Waals surface area contributed by atoms with Gasteiger partial charge in [0.25, 0.3) is 5.91 Å². The number of carbonyl (C=O) groups excluding carboxylic acids is 1. The van der Waals surface area contributed by atoms with Gasteiger partial charge in [0.15, 0.2) is 0 Å². The Hall–Kier alpha value is -3.98. The predicted octanol–water partition coefficient (Wildman–Crippen LogP) is 6.93. The number of anilines is 1. The fraction of sp³-hybridized carbons (Fsp3) is 0.0909. The van der Waals surface area contributed by atoms with Gasteiger partial charge in [-0.15, -0.1) is 9.24 Å². The van der Waals surface area contributed by atoms with E-state index >= 15 is 0 Å². The lowest BCUT2D eigenvalue weighted by atomic mass is 9.76. The number of nitrogens with one attached hydrogen (secondary N) is 1. The summed E-state index contributed by atoms with van der Waals surface area (Å²) in [5.41, 5.74) is 5.28. The molecule has 6 rings (SSSR count). The second-order valence-electron chi connectivity index (χ2n) is 9.54. The molecule has 0 spiro atoms. The average molecular weight is 548 g/mol. The van der Waals surface area contributed by atoms with Gasteiger partial charge in [-0.3, -0.25) is 4.79 Å². The maximum Gasteiger partial charge on any atom is 0.256 e. The van der Waals surface area contributed by atoms with E-state index in [1.165, 1.54) is 0 Å². The molecule has 2 unspecified atom stereocenters. The van der Waals surface area contributed by atoms with Gasteiger partial charge in [0.05, 0.1) is 11.3 Å². The number of aryl methyl sites for hydroxylation is 1. The second-order valence-corrected chi connectivity index (χ2v) is 10.6. The van der Waals surface area contributed by atoms with Crippen LogP contribution in [0.15, 0.2) is 109 Å². The molecule has 1 aromatic heterocycles. The number of rotatable bonds is 6. The number of aromatic nitrogens is 2. The molecular weight excluding hydrogens is 521 g/mol. The minimum absolute atomic E-state index is 0.125. The van der Waals surface area contributed by atoms with Gasteiger partial charge in [0, 0.05) is 34.5 Å². The first-order valence-electron chi connectivity index (χ1n) is 12.9. The van der Waals surface area contributed by atoms with Crippen LogP contribution in [0.3, 0.4) is 0 Å². The number of fused-ring (bicyclic) bond motifs is 1. The van der Waals surface area contributed by atoms with Crippen molar-refractivity contribution in [2.75, 3.05) is 5.32 Å². The third-order valence-electron chi connectivity index (χ3n) is 7.26. The van der Waals surface area contributed by atoms with Crippen molar-refractivity contribution in [2.24, 2.45) is 0 Å². The summed E-state index contributed by atoms with van der Waals surface area (Å²) in [5, 5.41) is 4.72. The van der Waals surface area contributed by atoms with Gasteiger partial charge in [-0.05, 0) is 34.6 Å². The SMILES string of the molecule is CCc1nc(/C=C2/C(=O)Nc3ccccc32)cn1C(c1ccccc1)(c1ccc(P)cc1)c1ccccc1Cl. The first kappa shape index (κ1) is 25.3. The van der Waals surface area contributed by atoms with E-state index in [2.05, 4.69) is 80.6 Å². The highest BCUT2D eigenvalue weighted by Gasteiger charge is 2.41. The van der Waals surface area contributed by atoms with Crippen molar-refractivity contribution in [3.8, 4) is 0 Å². The zero-order valence-corrected chi connectivity index (χ0v) is 23.3. The fourth-order valence-electron chi connectivity index (χ4n) is 5.52. The summed E-state index contributed by atoms with van der Waals surface area (Å²) in [4.78, 5) is 17.9. The predicted molar refractivity (Wildman–Crippen MR) is 164 cm³/mol. The standard InChI is InChI=1S/C33H27ClN3OP/c1-2-31-35-24(20-27-26-12-6-9-15-30(26)36-32(27)38)21-37(31)33(22-10-4-3-5-11-22,23-16-18-25(39)19-17-23)28-13-7-8-14-29(28)34/h3-21H,2,39H2,1H3,(H,36,38)/b27-20+. The van der Waals surface area contributed by atoms with Crippen molar-refractivity contribution < 1.29 is 4.79 Å². The largest absolute Gasteiger partial charge is 0.321 e. The molecule has 192 valence electrons. The molecular formula is C33H27ClN3OP. The van der Waals surface area contributed by atoms with E-state index in [0.29, 0.717) is 22.7 Å². The Morgan fingerprint density at radius 2 is 1.56 bits per heavy atom. The minimum Gasteiger partial charge on any atom is -0.321 e. The van der Waals surface area contributed by atoms with Gasteiger partial charge < -0.3 is 9.88 Å². The molecule has 0 bridgehead atoms. The minimum atomic E-state index is -0.803. The highest BCUT2D eigenvalue weighted by atomic mass is 35.5. The summed E-state index contributed by atoms with van der Waals surface area (Å²) >= 11 is 7.00. The molecule has 6 heteroatoms. The lowest BCUT2D eigenvalue weighted by molar-refractivity contribution is -0.110. The number of carbonyl (C=O) groups is 1. The quantitative estimate of drug-likeness (QED) is 0.142. The van der Waals surface area contributed by atoms with Crippen LogP contribution in [-0.2, 0) is 16.8 Å². The molecule has 0 aliphatic carbocycles. The molecule has 1 aliphatic rings. The van der Waals surface area contributed by atoms with E-state index in [4.69, 9.17) is 16.6 Å². The van der Waals surface area contributed by atoms with Crippen LogP contribution >= 0.6 is 20.8 Å². The number of para-hydroxylation sites is 1.